The van der Waals surface area contributed by atoms with Crippen molar-refractivity contribution in [2.45, 2.75) is 18.4 Å². The monoisotopic (exact) mass is 366 g/mol. The number of benzene rings is 3. The maximum absolute atomic E-state index is 9.86. The van der Waals surface area contributed by atoms with Crippen LogP contribution in [0.1, 0.15) is 35.1 Å². The molecule has 0 amide bonds. The summed E-state index contributed by atoms with van der Waals surface area (Å²) in [6, 6.07) is 24.6. The molecule has 0 spiro atoms. The van der Waals surface area contributed by atoms with Crippen LogP contribution < -0.4 is 5.32 Å². The number of hydrogen-bond acceptors (Lipinski definition) is 3. The number of fused-ring (bicyclic) bond motifs is 3. The summed E-state index contributed by atoms with van der Waals surface area (Å²) in [6.45, 7) is 0. The molecule has 0 unspecified atom stereocenters. The Hall–Kier alpha value is -3.33. The van der Waals surface area contributed by atoms with Gasteiger partial charge in [-0.1, -0.05) is 54.6 Å². The number of allylic oxidation sites excluding steroid dienone is 2. The molecule has 0 bridgehead atoms. The molecule has 3 atom stereocenters. The molecule has 2 aliphatic rings. The highest BCUT2D eigenvalue weighted by Gasteiger charge is 2.37. The Bertz CT molecular complexity index is 1050. The van der Waals surface area contributed by atoms with Crippen LogP contribution in [0, 0.1) is 5.92 Å². The molecule has 0 aromatic heterocycles. The number of hydrogen-bond donors (Lipinski definition) is 2. The Labute approximate surface area is 165 Å². The zero-order valence-electron chi connectivity index (χ0n) is 15.5. The van der Waals surface area contributed by atoms with E-state index in [0.717, 1.165) is 17.7 Å². The van der Waals surface area contributed by atoms with Crippen LogP contribution in [-0.4, -0.2) is 11.3 Å². The van der Waals surface area contributed by atoms with Gasteiger partial charge in [0.25, 0.3) is 0 Å². The molecule has 3 heteroatoms. The average molecular weight is 366 g/mol. The van der Waals surface area contributed by atoms with Gasteiger partial charge in [-0.05, 0) is 53.8 Å². The number of aliphatic imine (C=N–C) groups is 1. The predicted octanol–water partition coefficient (Wildman–Crippen LogP) is 5.97. The molecular weight excluding hydrogens is 344 g/mol. The summed E-state index contributed by atoms with van der Waals surface area (Å²) in [5, 5.41) is 13.6. The lowest BCUT2D eigenvalue weighted by molar-refractivity contribution is 0.425. The van der Waals surface area contributed by atoms with Gasteiger partial charge in [0, 0.05) is 23.4 Å². The van der Waals surface area contributed by atoms with Crippen LogP contribution in [0.15, 0.2) is 89.9 Å². The summed E-state index contributed by atoms with van der Waals surface area (Å²) in [4.78, 5) is 4.51. The van der Waals surface area contributed by atoms with Gasteiger partial charge in [0.2, 0.25) is 0 Å². The van der Waals surface area contributed by atoms with E-state index in [2.05, 4.69) is 58.9 Å². The van der Waals surface area contributed by atoms with Crippen molar-refractivity contribution in [3.05, 3.63) is 102 Å². The molecule has 0 fully saturated rings. The van der Waals surface area contributed by atoms with Crippen LogP contribution in [0.4, 0.5) is 11.4 Å². The third kappa shape index (κ3) is 2.99. The topological polar surface area (TPSA) is 44.6 Å². The highest BCUT2D eigenvalue weighted by atomic mass is 16.3. The summed E-state index contributed by atoms with van der Waals surface area (Å²) in [7, 11) is 0. The maximum atomic E-state index is 9.86. The minimum Gasteiger partial charge on any atom is -0.507 e. The fraction of sp³-hybridized carbons (Fsp3) is 0.160. The van der Waals surface area contributed by atoms with E-state index in [1.165, 1.54) is 16.8 Å². The van der Waals surface area contributed by atoms with Gasteiger partial charge in [0.1, 0.15) is 5.75 Å². The largest absolute Gasteiger partial charge is 0.507 e. The van der Waals surface area contributed by atoms with Gasteiger partial charge < -0.3 is 10.4 Å². The lowest BCUT2D eigenvalue weighted by Crippen LogP contribution is -2.28. The molecule has 2 N–H and O–H groups in total. The number of phenolic OH excluding ortho intramolecular Hbond substituents is 1. The van der Waals surface area contributed by atoms with E-state index >= 15 is 0 Å². The molecule has 3 nitrogen and oxygen atoms in total. The lowest BCUT2D eigenvalue weighted by atomic mass is 9.77. The second-order valence-electron chi connectivity index (χ2n) is 7.47. The average Bonchev–Trinajstić information content (AvgIpc) is 3.23. The van der Waals surface area contributed by atoms with E-state index < -0.39 is 0 Å². The van der Waals surface area contributed by atoms with E-state index in [4.69, 9.17) is 0 Å². The highest BCUT2D eigenvalue weighted by Crippen LogP contribution is 2.49. The predicted molar refractivity (Wildman–Crippen MR) is 115 cm³/mol. The van der Waals surface area contributed by atoms with Gasteiger partial charge in [-0.15, -0.1) is 0 Å². The van der Waals surface area contributed by atoms with Crippen molar-refractivity contribution < 1.29 is 5.11 Å². The van der Waals surface area contributed by atoms with Crippen molar-refractivity contribution in [3.63, 3.8) is 0 Å². The lowest BCUT2D eigenvalue weighted by Gasteiger charge is -2.37. The van der Waals surface area contributed by atoms with Crippen LogP contribution in [0.25, 0.3) is 0 Å². The SMILES string of the molecule is Oc1ccccc1C=Nc1ccc([C@H]2Nc3ccccc3[C@H]3C=CC[C@H]32)cc1. The molecule has 138 valence electrons. The van der Waals surface area contributed by atoms with Crippen molar-refractivity contribution in [1.29, 1.82) is 0 Å². The molecule has 3 aromatic carbocycles. The number of para-hydroxylation sites is 2. The number of anilines is 1. The first-order valence-corrected chi connectivity index (χ1v) is 9.74. The summed E-state index contributed by atoms with van der Waals surface area (Å²) < 4.78 is 0. The van der Waals surface area contributed by atoms with Crippen molar-refractivity contribution in [2.24, 2.45) is 10.9 Å². The first-order valence-electron chi connectivity index (χ1n) is 9.74. The van der Waals surface area contributed by atoms with Crippen molar-refractivity contribution in [2.75, 3.05) is 5.32 Å². The van der Waals surface area contributed by atoms with Crippen molar-refractivity contribution in [3.8, 4) is 5.75 Å². The molecule has 0 saturated heterocycles. The van der Waals surface area contributed by atoms with Crippen LogP contribution >= 0.6 is 0 Å². The molecule has 1 aliphatic carbocycles. The quantitative estimate of drug-likeness (QED) is 0.443. The molecular formula is C25H22N2O. The number of rotatable bonds is 3. The van der Waals surface area contributed by atoms with Crippen molar-refractivity contribution >= 4 is 17.6 Å². The Morgan fingerprint density at radius 1 is 0.929 bits per heavy atom. The van der Waals surface area contributed by atoms with Crippen molar-refractivity contribution in [1.82, 2.24) is 0 Å². The number of nitrogens with one attached hydrogen (secondary N) is 1. The van der Waals surface area contributed by atoms with Crippen LogP contribution in [0.3, 0.4) is 0 Å². The summed E-state index contributed by atoms with van der Waals surface area (Å²) >= 11 is 0. The molecule has 0 saturated carbocycles. The molecule has 0 radical (unpaired) electrons. The summed E-state index contributed by atoms with van der Waals surface area (Å²) in [6.07, 6.45) is 7.49. The van der Waals surface area contributed by atoms with Gasteiger partial charge in [-0.3, -0.25) is 4.99 Å². The minimum atomic E-state index is 0.243. The van der Waals surface area contributed by atoms with Gasteiger partial charge in [0.15, 0.2) is 0 Å². The Morgan fingerprint density at radius 3 is 2.57 bits per heavy atom. The molecule has 28 heavy (non-hydrogen) atoms. The normalized spacial score (nSPS) is 22.6. The first-order chi connectivity index (χ1) is 13.8. The maximum Gasteiger partial charge on any atom is 0.124 e. The van der Waals surface area contributed by atoms with Gasteiger partial charge in [-0.2, -0.15) is 0 Å². The second-order valence-corrected chi connectivity index (χ2v) is 7.47. The van der Waals surface area contributed by atoms with E-state index in [9.17, 15) is 5.11 Å². The van der Waals surface area contributed by atoms with E-state index in [1.807, 2.05) is 30.3 Å². The third-order valence-electron chi connectivity index (χ3n) is 5.81. The number of nitrogens with zero attached hydrogens (tertiary/aromatic N) is 1. The Balaban J connectivity index is 1.40. The highest BCUT2D eigenvalue weighted by molar-refractivity contribution is 5.85. The van der Waals surface area contributed by atoms with E-state index in [1.54, 1.807) is 12.3 Å². The summed E-state index contributed by atoms with van der Waals surface area (Å²) in [5.74, 6) is 1.28. The van der Waals surface area contributed by atoms with Crippen LogP contribution in [-0.2, 0) is 0 Å². The van der Waals surface area contributed by atoms with Gasteiger partial charge in [0.05, 0.1) is 11.7 Å². The Morgan fingerprint density at radius 2 is 1.71 bits per heavy atom. The molecule has 3 aromatic rings. The second kappa shape index (κ2) is 7.01. The van der Waals surface area contributed by atoms with E-state index in [0.29, 0.717) is 17.9 Å². The van der Waals surface area contributed by atoms with Gasteiger partial charge >= 0.3 is 0 Å². The molecule has 5 rings (SSSR count). The minimum absolute atomic E-state index is 0.243. The fourth-order valence-corrected chi connectivity index (χ4v) is 4.38. The Kier molecular flexibility index (Phi) is 4.21. The van der Waals surface area contributed by atoms with E-state index in [-0.39, 0.29) is 5.75 Å². The smallest absolute Gasteiger partial charge is 0.124 e. The van der Waals surface area contributed by atoms with Gasteiger partial charge in [-0.25, -0.2) is 0 Å². The number of phenols is 1. The molecule has 1 heterocycles. The first kappa shape index (κ1) is 16.8. The zero-order chi connectivity index (χ0) is 18.9. The fourth-order valence-electron chi connectivity index (χ4n) is 4.38. The third-order valence-corrected chi connectivity index (χ3v) is 5.81. The summed E-state index contributed by atoms with van der Waals surface area (Å²) in [5.41, 5.74) is 5.53. The molecule has 1 aliphatic heterocycles. The standard InChI is InChI=1S/C25H22N2O/c28-24-11-4-1-6-18(24)16-26-19-14-12-17(13-15-19)25-22-9-5-8-20(22)21-7-2-3-10-23(21)27-25/h1-8,10-16,20,22,25,27-28H,9H2/t20-,22-,25-/m1/s1. The zero-order valence-corrected chi connectivity index (χ0v) is 15.5. The van der Waals surface area contributed by atoms with Crippen LogP contribution in [0.5, 0.6) is 5.75 Å². The van der Waals surface area contributed by atoms with Crippen LogP contribution in [0.2, 0.25) is 0 Å². The number of aromatic hydroxyl groups is 1.